The van der Waals surface area contributed by atoms with Gasteiger partial charge in [-0.2, -0.15) is 0 Å². The average molecular weight is 411 g/mol. The molecule has 8 nitrogen and oxygen atoms in total. The molecular weight excluding hydrogens is 386 g/mol. The van der Waals surface area contributed by atoms with Crippen molar-refractivity contribution in [1.82, 2.24) is 4.90 Å². The Balaban J connectivity index is 1.47. The van der Waals surface area contributed by atoms with Gasteiger partial charge in [-0.3, -0.25) is 14.5 Å². The largest absolute Gasteiger partial charge is 0.486 e. The van der Waals surface area contributed by atoms with Crippen molar-refractivity contribution in [2.24, 2.45) is 0 Å². The summed E-state index contributed by atoms with van der Waals surface area (Å²) >= 11 is 0. The molecule has 2 aromatic rings. The van der Waals surface area contributed by atoms with Crippen LogP contribution in [0.1, 0.15) is 15.9 Å². The number of anilines is 2. The summed E-state index contributed by atoms with van der Waals surface area (Å²) in [5.41, 5.74) is 2.53. The van der Waals surface area contributed by atoms with Gasteiger partial charge in [0.1, 0.15) is 19.3 Å². The van der Waals surface area contributed by atoms with Crippen LogP contribution in [0.15, 0.2) is 36.4 Å². The second-order valence-electron chi connectivity index (χ2n) is 7.40. The summed E-state index contributed by atoms with van der Waals surface area (Å²) in [4.78, 5) is 27.4. The Labute approximate surface area is 175 Å². The van der Waals surface area contributed by atoms with Crippen molar-refractivity contribution in [3.05, 3.63) is 47.5 Å². The molecule has 158 valence electrons. The van der Waals surface area contributed by atoms with Gasteiger partial charge in [0.05, 0.1) is 13.2 Å². The lowest BCUT2D eigenvalue weighted by Crippen LogP contribution is -2.49. The zero-order valence-corrected chi connectivity index (χ0v) is 17.1. The number of hydrogen-bond donors (Lipinski definition) is 2. The molecule has 2 aromatic carbocycles. The molecule has 1 fully saturated rings. The molecule has 2 aliphatic heterocycles. The molecule has 8 heteroatoms. The number of morpholine rings is 1. The van der Waals surface area contributed by atoms with Crippen LogP contribution in [0.25, 0.3) is 0 Å². The number of aryl methyl sites for hydroxylation is 1. The van der Waals surface area contributed by atoms with Crippen LogP contribution in [0.3, 0.4) is 0 Å². The number of nitrogens with zero attached hydrogens (tertiary/aromatic N) is 1. The molecule has 0 saturated carbocycles. The standard InChI is InChI=1S/C22H25N3O5/c1-14-3-4-15(11-17(14)24-22(27)18-13-28-8-7-25(18)2)21(26)23-16-5-6-19-20(12-16)30-10-9-29-19/h3-6,11-12,18H,7-10,13H2,1-2H3,(H,23,26)(H,24,27)/t18-/m0/s1. The van der Waals surface area contributed by atoms with E-state index in [0.29, 0.717) is 61.4 Å². The summed E-state index contributed by atoms with van der Waals surface area (Å²) in [5.74, 6) is 0.843. The molecule has 0 bridgehead atoms. The molecule has 0 aromatic heterocycles. The Hall–Kier alpha value is -3.10. The van der Waals surface area contributed by atoms with E-state index in [1.165, 1.54) is 0 Å². The summed E-state index contributed by atoms with van der Waals surface area (Å²) in [6.07, 6.45) is 0. The normalized spacial score (nSPS) is 18.5. The van der Waals surface area contributed by atoms with Crippen molar-refractivity contribution in [1.29, 1.82) is 0 Å². The summed E-state index contributed by atoms with van der Waals surface area (Å²) < 4.78 is 16.5. The average Bonchev–Trinajstić information content (AvgIpc) is 2.75. The van der Waals surface area contributed by atoms with Gasteiger partial charge in [-0.05, 0) is 43.8 Å². The van der Waals surface area contributed by atoms with Crippen LogP contribution in [0.2, 0.25) is 0 Å². The van der Waals surface area contributed by atoms with E-state index in [2.05, 4.69) is 10.6 Å². The van der Waals surface area contributed by atoms with Crippen molar-refractivity contribution in [3.63, 3.8) is 0 Å². The van der Waals surface area contributed by atoms with Crippen LogP contribution in [0, 0.1) is 6.92 Å². The van der Waals surface area contributed by atoms with Gasteiger partial charge in [0, 0.05) is 29.5 Å². The minimum Gasteiger partial charge on any atom is -0.486 e. The minimum absolute atomic E-state index is 0.148. The molecule has 2 amide bonds. The van der Waals surface area contributed by atoms with Crippen LogP contribution in [-0.2, 0) is 9.53 Å². The molecule has 0 aliphatic carbocycles. The highest BCUT2D eigenvalue weighted by molar-refractivity contribution is 6.06. The number of fused-ring (bicyclic) bond motifs is 1. The Morgan fingerprint density at radius 1 is 1.00 bits per heavy atom. The Morgan fingerprint density at radius 2 is 1.80 bits per heavy atom. The second kappa shape index (κ2) is 8.73. The van der Waals surface area contributed by atoms with Crippen LogP contribution >= 0.6 is 0 Å². The first-order valence-corrected chi connectivity index (χ1v) is 9.92. The van der Waals surface area contributed by atoms with Crippen LogP contribution in [-0.4, -0.2) is 62.8 Å². The van der Waals surface area contributed by atoms with Crippen LogP contribution in [0.5, 0.6) is 11.5 Å². The lowest BCUT2D eigenvalue weighted by molar-refractivity contribution is -0.126. The molecule has 30 heavy (non-hydrogen) atoms. The fraction of sp³-hybridized carbons (Fsp3) is 0.364. The molecule has 4 rings (SSSR count). The molecule has 2 aliphatic rings. The fourth-order valence-electron chi connectivity index (χ4n) is 3.40. The molecule has 0 radical (unpaired) electrons. The van der Waals surface area contributed by atoms with E-state index in [1.54, 1.807) is 30.3 Å². The van der Waals surface area contributed by atoms with Gasteiger partial charge >= 0.3 is 0 Å². The van der Waals surface area contributed by atoms with Crippen molar-refractivity contribution in [2.45, 2.75) is 13.0 Å². The first-order chi connectivity index (χ1) is 14.5. The number of carbonyl (C=O) groups excluding carboxylic acids is 2. The SMILES string of the molecule is Cc1ccc(C(=O)Nc2ccc3c(c2)OCCO3)cc1NC(=O)[C@@H]1COCCN1C. The minimum atomic E-state index is -0.353. The maximum Gasteiger partial charge on any atom is 0.255 e. The van der Waals surface area contributed by atoms with Crippen molar-refractivity contribution in [2.75, 3.05) is 50.7 Å². The first kappa shape index (κ1) is 20.2. The van der Waals surface area contributed by atoms with Crippen LogP contribution in [0.4, 0.5) is 11.4 Å². The topological polar surface area (TPSA) is 89.1 Å². The fourth-order valence-corrected chi connectivity index (χ4v) is 3.40. The highest BCUT2D eigenvalue weighted by Crippen LogP contribution is 2.32. The van der Waals surface area contributed by atoms with Crippen molar-refractivity contribution in [3.8, 4) is 11.5 Å². The quantitative estimate of drug-likeness (QED) is 0.803. The van der Waals surface area contributed by atoms with Gasteiger partial charge in [0.2, 0.25) is 5.91 Å². The molecule has 2 N–H and O–H groups in total. The van der Waals surface area contributed by atoms with Gasteiger partial charge in [-0.15, -0.1) is 0 Å². The predicted octanol–water partition coefficient (Wildman–Crippen LogP) is 2.29. The zero-order chi connectivity index (χ0) is 21.1. The number of carbonyl (C=O) groups is 2. The number of ether oxygens (including phenoxy) is 3. The van der Waals surface area contributed by atoms with E-state index in [0.717, 1.165) is 5.56 Å². The van der Waals surface area contributed by atoms with E-state index >= 15 is 0 Å². The number of rotatable bonds is 4. The number of nitrogens with one attached hydrogen (secondary N) is 2. The number of benzene rings is 2. The zero-order valence-electron chi connectivity index (χ0n) is 17.1. The van der Waals surface area contributed by atoms with Crippen molar-refractivity contribution >= 4 is 23.2 Å². The summed E-state index contributed by atoms with van der Waals surface area (Å²) in [5, 5.41) is 5.80. The van der Waals surface area contributed by atoms with Gasteiger partial charge in [-0.25, -0.2) is 0 Å². The van der Waals surface area contributed by atoms with E-state index in [4.69, 9.17) is 14.2 Å². The van der Waals surface area contributed by atoms with Gasteiger partial charge in [-0.1, -0.05) is 6.07 Å². The van der Waals surface area contributed by atoms with Crippen molar-refractivity contribution < 1.29 is 23.8 Å². The van der Waals surface area contributed by atoms with E-state index < -0.39 is 0 Å². The molecule has 2 heterocycles. The third-order valence-corrected chi connectivity index (χ3v) is 5.26. The number of likely N-dealkylation sites (N-methyl/N-ethyl adjacent to an activating group) is 1. The smallest absolute Gasteiger partial charge is 0.255 e. The second-order valence-corrected chi connectivity index (χ2v) is 7.40. The molecule has 1 saturated heterocycles. The monoisotopic (exact) mass is 411 g/mol. The Bertz CT molecular complexity index is 962. The van der Waals surface area contributed by atoms with E-state index in [9.17, 15) is 9.59 Å². The van der Waals surface area contributed by atoms with Gasteiger partial charge in [0.15, 0.2) is 11.5 Å². The molecule has 0 unspecified atom stereocenters. The molecule has 1 atom stereocenters. The first-order valence-electron chi connectivity index (χ1n) is 9.92. The lowest BCUT2D eigenvalue weighted by atomic mass is 10.1. The lowest BCUT2D eigenvalue weighted by Gasteiger charge is -2.31. The third kappa shape index (κ3) is 4.39. The van der Waals surface area contributed by atoms with E-state index in [1.807, 2.05) is 24.9 Å². The molecular formula is C22H25N3O5. The number of amides is 2. The highest BCUT2D eigenvalue weighted by atomic mass is 16.6. The maximum atomic E-state index is 12.8. The Kier molecular flexibility index (Phi) is 5.87. The van der Waals surface area contributed by atoms with E-state index in [-0.39, 0.29) is 17.9 Å². The maximum absolute atomic E-state index is 12.8. The third-order valence-electron chi connectivity index (χ3n) is 5.26. The summed E-state index contributed by atoms with van der Waals surface area (Å²) in [7, 11) is 1.90. The highest BCUT2D eigenvalue weighted by Gasteiger charge is 2.27. The molecule has 0 spiro atoms. The Morgan fingerprint density at radius 3 is 2.60 bits per heavy atom. The summed E-state index contributed by atoms with van der Waals surface area (Å²) in [6.45, 7) is 4.56. The van der Waals surface area contributed by atoms with Crippen LogP contribution < -0.4 is 20.1 Å². The number of hydrogen-bond acceptors (Lipinski definition) is 6. The predicted molar refractivity (Wildman–Crippen MR) is 112 cm³/mol. The van der Waals surface area contributed by atoms with Gasteiger partial charge < -0.3 is 24.8 Å². The van der Waals surface area contributed by atoms with Gasteiger partial charge in [0.25, 0.3) is 5.91 Å². The summed E-state index contributed by atoms with van der Waals surface area (Å²) in [6, 6.07) is 10.2.